The number of β-lactam (4-membered cyclic amide) rings is 1. The van der Waals surface area contributed by atoms with Crippen molar-refractivity contribution < 1.29 is 29.4 Å². The van der Waals surface area contributed by atoms with E-state index in [9.17, 15) is 24.7 Å². The third-order valence-electron chi connectivity index (χ3n) is 5.75. The zero-order valence-corrected chi connectivity index (χ0v) is 19.4. The fourth-order valence-corrected chi connectivity index (χ4v) is 7.56. The first kappa shape index (κ1) is 23.1. The molecule has 1 aromatic heterocycles. The molecule has 2 unspecified atom stereocenters. The lowest BCUT2D eigenvalue weighted by Crippen LogP contribution is -2.75. The molecule has 4 heterocycles. The molecule has 0 bridgehead atoms. The van der Waals surface area contributed by atoms with Crippen LogP contribution in [-0.4, -0.2) is 91.1 Å². The summed E-state index contributed by atoms with van der Waals surface area (Å²) < 4.78 is 4.28. The number of carboxylic acid groups (broad SMARTS) is 1. The van der Waals surface area contributed by atoms with Gasteiger partial charge in [-0.15, -0.1) is 34.9 Å². The highest BCUT2D eigenvalue weighted by Crippen LogP contribution is 2.45. The number of carboxylic acids is 1. The van der Waals surface area contributed by atoms with Gasteiger partial charge in [-0.3, -0.25) is 14.4 Å². The van der Waals surface area contributed by atoms with Crippen LogP contribution in [0.2, 0.25) is 0 Å². The Hall–Kier alpha value is -2.03. The van der Waals surface area contributed by atoms with Gasteiger partial charge in [-0.1, -0.05) is 5.16 Å². The zero-order chi connectivity index (χ0) is 22.9. The summed E-state index contributed by atoms with van der Waals surface area (Å²) in [6.45, 7) is 1.48. The van der Waals surface area contributed by atoms with Crippen LogP contribution in [0.3, 0.4) is 0 Å². The SMILES string of the molecule is Nc1nc(C(=NO)C(=O)NC2C(=O)N3CC(SCC4CCOCC4)(C(=O)O)CS[C@H]23)cs1. The first-order valence-electron chi connectivity index (χ1n) is 9.96. The van der Waals surface area contributed by atoms with Crippen molar-refractivity contribution in [1.29, 1.82) is 0 Å². The van der Waals surface area contributed by atoms with E-state index in [1.54, 1.807) is 0 Å². The van der Waals surface area contributed by atoms with Gasteiger partial charge in [0.1, 0.15) is 21.9 Å². The van der Waals surface area contributed by atoms with Crippen molar-refractivity contribution in [2.24, 2.45) is 11.1 Å². The van der Waals surface area contributed by atoms with E-state index in [1.165, 1.54) is 33.8 Å². The number of carbonyl (C=O) groups excluding carboxylic acids is 2. The summed E-state index contributed by atoms with van der Waals surface area (Å²) in [6.07, 6.45) is 1.82. The summed E-state index contributed by atoms with van der Waals surface area (Å²) in [5.74, 6) is -0.612. The average Bonchev–Trinajstić information content (AvgIpc) is 3.22. The summed E-state index contributed by atoms with van der Waals surface area (Å²) in [6, 6.07) is -0.826. The van der Waals surface area contributed by atoms with Gasteiger partial charge in [0.2, 0.25) is 5.91 Å². The second kappa shape index (κ2) is 9.45. The van der Waals surface area contributed by atoms with Gasteiger partial charge in [-0.05, 0) is 24.5 Å². The molecular formula is C18H23N5O6S3. The summed E-state index contributed by atoms with van der Waals surface area (Å²) >= 11 is 3.82. The van der Waals surface area contributed by atoms with Crippen LogP contribution in [0.5, 0.6) is 0 Å². The largest absolute Gasteiger partial charge is 0.480 e. The summed E-state index contributed by atoms with van der Waals surface area (Å²) in [7, 11) is 0. The molecule has 0 aliphatic carbocycles. The van der Waals surface area contributed by atoms with Crippen LogP contribution in [-0.2, 0) is 19.1 Å². The number of fused-ring (bicyclic) bond motifs is 1. The molecule has 3 saturated heterocycles. The average molecular weight is 502 g/mol. The minimum atomic E-state index is -1.08. The molecular weight excluding hydrogens is 478 g/mol. The minimum Gasteiger partial charge on any atom is -0.480 e. The van der Waals surface area contributed by atoms with Gasteiger partial charge in [0.05, 0.1) is 0 Å². The van der Waals surface area contributed by atoms with Crippen LogP contribution in [0, 0.1) is 5.92 Å². The molecule has 3 aliphatic heterocycles. The van der Waals surface area contributed by atoms with E-state index in [-0.39, 0.29) is 34.4 Å². The van der Waals surface area contributed by atoms with Crippen LogP contribution in [0.15, 0.2) is 10.5 Å². The van der Waals surface area contributed by atoms with Crippen molar-refractivity contribution in [3.8, 4) is 0 Å². The number of aromatic nitrogens is 1. The number of nitrogens with two attached hydrogens (primary N) is 1. The number of amides is 2. The number of aliphatic carboxylic acids is 1. The van der Waals surface area contributed by atoms with Crippen LogP contribution >= 0.6 is 34.9 Å². The number of nitrogen functional groups attached to an aromatic ring is 1. The van der Waals surface area contributed by atoms with Crippen molar-refractivity contribution >= 4 is 63.5 Å². The van der Waals surface area contributed by atoms with Crippen molar-refractivity contribution in [2.45, 2.75) is 29.0 Å². The van der Waals surface area contributed by atoms with Crippen molar-refractivity contribution in [3.63, 3.8) is 0 Å². The lowest BCUT2D eigenvalue weighted by Gasteiger charge is -2.53. The van der Waals surface area contributed by atoms with Crippen LogP contribution in [0.4, 0.5) is 5.13 Å². The number of hydrogen-bond acceptors (Lipinski definition) is 11. The number of anilines is 1. The number of hydrogen-bond donors (Lipinski definition) is 4. The molecule has 0 saturated carbocycles. The van der Waals surface area contributed by atoms with E-state index in [4.69, 9.17) is 10.5 Å². The van der Waals surface area contributed by atoms with E-state index in [0.717, 1.165) is 24.2 Å². The lowest BCUT2D eigenvalue weighted by atomic mass is 10.0. The Bertz CT molecular complexity index is 936. The molecule has 32 heavy (non-hydrogen) atoms. The molecule has 4 rings (SSSR count). The maximum absolute atomic E-state index is 12.7. The predicted octanol–water partition coefficient (Wildman–Crippen LogP) is 0.287. The summed E-state index contributed by atoms with van der Waals surface area (Å²) in [5, 5.41) is 26.1. The van der Waals surface area contributed by atoms with Crippen LogP contribution in [0.1, 0.15) is 18.5 Å². The number of carbonyl (C=O) groups is 3. The molecule has 0 spiro atoms. The van der Waals surface area contributed by atoms with Crippen molar-refractivity contribution in [3.05, 3.63) is 11.1 Å². The first-order chi connectivity index (χ1) is 15.3. The normalized spacial score (nSPS) is 28.7. The van der Waals surface area contributed by atoms with Crippen molar-refractivity contribution in [1.82, 2.24) is 15.2 Å². The number of nitrogens with zero attached hydrogens (tertiary/aromatic N) is 3. The lowest BCUT2D eigenvalue weighted by molar-refractivity contribution is -0.151. The Labute approximate surface area is 196 Å². The minimum absolute atomic E-state index is 0.0860. The Balaban J connectivity index is 1.38. The molecule has 0 aromatic carbocycles. The predicted molar refractivity (Wildman–Crippen MR) is 121 cm³/mol. The number of rotatable bonds is 7. The van der Waals surface area contributed by atoms with Gasteiger partial charge in [-0.2, -0.15) is 0 Å². The standard InChI is InChI=1S/C18H23N5O6S3/c19-17-20-10(6-30-17)11(22-28)13(24)21-12-14(25)23-7-18(16(26)27,8-31-15(12)23)32-5-9-1-3-29-4-2-9/h6,9,12,15,28H,1-5,7-8H2,(H2,19,20)(H,21,24)(H,26,27)/t12?,15-,18?/m1/s1. The highest BCUT2D eigenvalue weighted by molar-refractivity contribution is 8.05. The second-order valence-electron chi connectivity index (χ2n) is 7.80. The Morgan fingerprint density at radius 2 is 2.19 bits per heavy atom. The van der Waals surface area contributed by atoms with Crippen LogP contribution < -0.4 is 11.1 Å². The van der Waals surface area contributed by atoms with Crippen molar-refractivity contribution in [2.75, 3.05) is 37.0 Å². The maximum atomic E-state index is 12.7. The number of nitrogens with one attached hydrogen (secondary N) is 1. The first-order valence-corrected chi connectivity index (χ1v) is 12.9. The topological polar surface area (TPSA) is 167 Å². The molecule has 3 aliphatic rings. The molecule has 2 amide bonds. The Kier molecular flexibility index (Phi) is 6.83. The molecule has 1 aromatic rings. The summed E-state index contributed by atoms with van der Waals surface area (Å²) in [5.41, 5.74) is 5.34. The van der Waals surface area contributed by atoms with Gasteiger partial charge >= 0.3 is 5.97 Å². The Morgan fingerprint density at radius 1 is 1.44 bits per heavy atom. The van der Waals surface area contributed by atoms with E-state index in [0.29, 0.717) is 30.6 Å². The smallest absolute Gasteiger partial charge is 0.322 e. The maximum Gasteiger partial charge on any atom is 0.322 e. The van der Waals surface area contributed by atoms with Crippen LogP contribution in [0.25, 0.3) is 0 Å². The number of oxime groups is 1. The molecule has 11 nitrogen and oxygen atoms in total. The van der Waals surface area contributed by atoms with Gasteiger partial charge < -0.3 is 31.0 Å². The van der Waals surface area contributed by atoms with Gasteiger partial charge in [-0.25, -0.2) is 4.98 Å². The van der Waals surface area contributed by atoms with Gasteiger partial charge in [0.25, 0.3) is 5.91 Å². The highest BCUT2D eigenvalue weighted by Gasteiger charge is 2.58. The molecule has 0 radical (unpaired) electrons. The third-order valence-corrected chi connectivity index (χ3v) is 9.77. The van der Waals surface area contributed by atoms with E-state index in [1.807, 2.05) is 0 Å². The number of ether oxygens (including phenoxy) is 1. The number of thioether (sulfide) groups is 2. The van der Waals surface area contributed by atoms with E-state index in [2.05, 4.69) is 15.5 Å². The highest BCUT2D eigenvalue weighted by atomic mass is 32.2. The molecule has 174 valence electrons. The second-order valence-corrected chi connectivity index (χ2v) is 11.2. The molecule has 3 fully saturated rings. The van der Waals surface area contributed by atoms with Gasteiger partial charge in [0, 0.05) is 30.9 Å². The Morgan fingerprint density at radius 3 is 2.81 bits per heavy atom. The van der Waals surface area contributed by atoms with E-state index >= 15 is 0 Å². The monoisotopic (exact) mass is 501 g/mol. The number of thiazole rings is 1. The quantitative estimate of drug-likeness (QED) is 0.176. The fraction of sp³-hybridized carbons (Fsp3) is 0.611. The van der Waals surface area contributed by atoms with E-state index < -0.39 is 22.7 Å². The fourth-order valence-electron chi connectivity index (χ4n) is 3.84. The molecule has 14 heteroatoms. The third kappa shape index (κ3) is 4.40. The molecule has 5 N–H and O–H groups in total. The van der Waals surface area contributed by atoms with Gasteiger partial charge in [0.15, 0.2) is 10.8 Å². The summed E-state index contributed by atoms with van der Waals surface area (Å²) in [4.78, 5) is 42.9. The molecule has 3 atom stereocenters. The zero-order valence-electron chi connectivity index (χ0n) is 16.9.